The van der Waals surface area contributed by atoms with Gasteiger partial charge in [0.25, 0.3) is 0 Å². The summed E-state index contributed by atoms with van der Waals surface area (Å²) in [7, 11) is 5.12. The molecule has 0 saturated carbocycles. The second-order valence-corrected chi connectivity index (χ2v) is 9.64. The van der Waals surface area contributed by atoms with E-state index < -0.39 is 0 Å². The number of methoxy groups -OCH3 is 2. The molecule has 0 aliphatic rings. The summed E-state index contributed by atoms with van der Waals surface area (Å²) >= 11 is 0. The first-order valence-corrected chi connectivity index (χ1v) is 12.7. The molecule has 206 valence electrons. The van der Waals surface area contributed by atoms with Crippen molar-refractivity contribution in [2.45, 2.75) is 12.6 Å². The van der Waals surface area contributed by atoms with Crippen molar-refractivity contribution in [3.63, 3.8) is 0 Å². The summed E-state index contributed by atoms with van der Waals surface area (Å²) in [5, 5.41) is 2.47. The maximum Gasteiger partial charge on any atom is 0.162 e. The number of ether oxygens (including phenoxy) is 3. The number of aromatic nitrogens is 3. The lowest BCUT2D eigenvalue weighted by atomic mass is 10.0. The Labute approximate surface area is 231 Å². The smallest absolute Gasteiger partial charge is 0.162 e. The molecule has 4 N–H and O–H groups in total. The maximum absolute atomic E-state index is 13.5. The molecule has 0 unspecified atom stereocenters. The Kier molecular flexibility index (Phi) is 7.90. The molecule has 5 aromatic rings. The van der Waals surface area contributed by atoms with Crippen LogP contribution in [0, 0.1) is 5.82 Å². The van der Waals surface area contributed by atoms with E-state index in [2.05, 4.69) is 15.0 Å². The van der Waals surface area contributed by atoms with Gasteiger partial charge in [0.1, 0.15) is 24.0 Å². The number of anilines is 1. The lowest BCUT2D eigenvalue weighted by molar-refractivity contribution is 0.232. The molecule has 0 aliphatic heterocycles. The Hall–Kier alpha value is -4.54. The van der Waals surface area contributed by atoms with Crippen LogP contribution in [0.2, 0.25) is 0 Å². The summed E-state index contributed by atoms with van der Waals surface area (Å²) in [5.74, 6) is 1.85. The van der Waals surface area contributed by atoms with Crippen molar-refractivity contribution in [1.82, 2.24) is 19.9 Å². The summed E-state index contributed by atoms with van der Waals surface area (Å²) in [6.45, 7) is 1.44. The lowest BCUT2D eigenvalue weighted by Gasteiger charge is -2.21. The minimum atomic E-state index is -0.262. The van der Waals surface area contributed by atoms with Crippen molar-refractivity contribution in [3.05, 3.63) is 78.5 Å². The van der Waals surface area contributed by atoms with Crippen LogP contribution in [0.4, 0.5) is 10.2 Å². The van der Waals surface area contributed by atoms with Crippen molar-refractivity contribution in [2.75, 3.05) is 40.2 Å². The van der Waals surface area contributed by atoms with Crippen molar-refractivity contribution in [1.29, 1.82) is 0 Å². The zero-order valence-electron chi connectivity index (χ0n) is 22.6. The molecule has 0 fully saturated rings. The second-order valence-electron chi connectivity index (χ2n) is 9.64. The normalized spacial score (nSPS) is 12.2. The van der Waals surface area contributed by atoms with E-state index in [0.29, 0.717) is 41.8 Å². The number of hydrogen-bond acceptors (Lipinski definition) is 9. The first kappa shape index (κ1) is 27.0. The third kappa shape index (κ3) is 5.88. The van der Waals surface area contributed by atoms with Crippen LogP contribution >= 0.6 is 0 Å². The van der Waals surface area contributed by atoms with Crippen molar-refractivity contribution < 1.29 is 18.6 Å². The minimum absolute atomic E-state index is 0.251. The molecule has 0 saturated heterocycles. The first-order chi connectivity index (χ1) is 19.3. The summed E-state index contributed by atoms with van der Waals surface area (Å²) in [6, 6.07) is 13.8. The summed E-state index contributed by atoms with van der Waals surface area (Å²) in [6.07, 6.45) is 5.05. The van der Waals surface area contributed by atoms with Gasteiger partial charge in [-0.3, -0.25) is 9.97 Å². The highest BCUT2D eigenvalue weighted by molar-refractivity contribution is 6.10. The van der Waals surface area contributed by atoms with Crippen LogP contribution < -0.4 is 25.7 Å². The van der Waals surface area contributed by atoms with Crippen LogP contribution in [-0.2, 0) is 6.54 Å². The zero-order chi connectivity index (χ0) is 28.2. The Bertz CT molecular complexity index is 1660. The highest BCUT2D eigenvalue weighted by atomic mass is 19.1. The Morgan fingerprint density at radius 1 is 0.950 bits per heavy atom. The van der Waals surface area contributed by atoms with Gasteiger partial charge in [0.2, 0.25) is 0 Å². The van der Waals surface area contributed by atoms with Crippen LogP contribution in [0.25, 0.3) is 32.9 Å². The number of halogens is 1. The first-order valence-electron chi connectivity index (χ1n) is 12.7. The van der Waals surface area contributed by atoms with Crippen molar-refractivity contribution in [3.8, 4) is 28.5 Å². The number of nitrogens with zero attached hydrogens (tertiary/aromatic N) is 4. The molecule has 0 bridgehead atoms. The fourth-order valence-electron chi connectivity index (χ4n) is 4.71. The minimum Gasteiger partial charge on any atom is -0.493 e. The summed E-state index contributed by atoms with van der Waals surface area (Å²) in [4.78, 5) is 15.5. The summed E-state index contributed by atoms with van der Waals surface area (Å²) in [5.41, 5.74) is 15.7. The van der Waals surface area contributed by atoms with E-state index in [4.69, 9.17) is 25.7 Å². The monoisotopic (exact) mass is 542 g/mol. The number of rotatable bonds is 10. The van der Waals surface area contributed by atoms with Gasteiger partial charge < -0.3 is 30.6 Å². The van der Waals surface area contributed by atoms with E-state index >= 15 is 0 Å². The molecule has 0 amide bonds. The molecule has 10 heteroatoms. The van der Waals surface area contributed by atoms with Gasteiger partial charge in [0.05, 0.1) is 37.7 Å². The van der Waals surface area contributed by atoms with Crippen LogP contribution in [0.5, 0.6) is 17.2 Å². The van der Waals surface area contributed by atoms with Gasteiger partial charge in [-0.2, -0.15) is 0 Å². The molecule has 9 nitrogen and oxygen atoms in total. The molecule has 0 radical (unpaired) electrons. The van der Waals surface area contributed by atoms with Crippen LogP contribution in [0.3, 0.4) is 0 Å². The fourth-order valence-corrected chi connectivity index (χ4v) is 4.71. The zero-order valence-corrected chi connectivity index (χ0v) is 22.6. The second kappa shape index (κ2) is 11.7. The molecule has 3 heterocycles. The van der Waals surface area contributed by atoms with E-state index in [9.17, 15) is 4.39 Å². The molecule has 3 aromatic heterocycles. The summed E-state index contributed by atoms with van der Waals surface area (Å²) < 4.78 is 30.4. The SMILES string of the molecule is COc1cc2ncc3c(N)nc(-c4cncc(OC[C@@H](N)CN(C)Cc5cccc(F)c5)c4)cc3c2cc1OC. The third-order valence-corrected chi connectivity index (χ3v) is 6.57. The topological polar surface area (TPSA) is 122 Å². The average Bonchev–Trinajstić information content (AvgIpc) is 2.95. The molecular formula is C30H31FN6O3. The van der Waals surface area contributed by atoms with Gasteiger partial charge in [-0.1, -0.05) is 12.1 Å². The highest BCUT2D eigenvalue weighted by Crippen LogP contribution is 2.37. The highest BCUT2D eigenvalue weighted by Gasteiger charge is 2.15. The third-order valence-electron chi connectivity index (χ3n) is 6.57. The molecular weight excluding hydrogens is 511 g/mol. The predicted molar refractivity (Wildman–Crippen MR) is 154 cm³/mol. The van der Waals surface area contributed by atoms with E-state index in [1.165, 1.54) is 12.1 Å². The van der Waals surface area contributed by atoms with Gasteiger partial charge in [0, 0.05) is 47.9 Å². The number of likely N-dealkylation sites (N-methyl/N-ethyl adjacent to an activating group) is 1. The van der Waals surface area contributed by atoms with Crippen LogP contribution in [0.1, 0.15) is 5.56 Å². The molecule has 0 aliphatic carbocycles. The number of hydrogen-bond donors (Lipinski definition) is 2. The predicted octanol–water partition coefficient (Wildman–Crippen LogP) is 4.42. The Morgan fingerprint density at radius 2 is 1.75 bits per heavy atom. The van der Waals surface area contributed by atoms with E-state index in [0.717, 1.165) is 32.8 Å². The van der Waals surface area contributed by atoms with E-state index in [1.54, 1.807) is 38.9 Å². The fraction of sp³-hybridized carbons (Fsp3) is 0.233. The van der Waals surface area contributed by atoms with Crippen molar-refractivity contribution in [2.24, 2.45) is 5.73 Å². The molecule has 5 rings (SSSR count). The number of pyridine rings is 3. The van der Waals surface area contributed by atoms with Crippen molar-refractivity contribution >= 4 is 27.5 Å². The van der Waals surface area contributed by atoms with Crippen LogP contribution in [0.15, 0.2) is 67.1 Å². The lowest BCUT2D eigenvalue weighted by Crippen LogP contribution is -2.39. The van der Waals surface area contributed by atoms with Crippen LogP contribution in [-0.4, -0.2) is 60.3 Å². The van der Waals surface area contributed by atoms with Gasteiger partial charge in [-0.25, -0.2) is 9.37 Å². The Balaban J connectivity index is 1.34. The van der Waals surface area contributed by atoms with E-state index in [1.807, 2.05) is 42.3 Å². The van der Waals surface area contributed by atoms with Gasteiger partial charge in [0.15, 0.2) is 11.5 Å². The maximum atomic E-state index is 13.5. The molecule has 2 aromatic carbocycles. The largest absolute Gasteiger partial charge is 0.493 e. The standard InChI is InChI=1S/C30H31FN6O3/c1-37(15-18-5-4-6-20(31)7-18)16-21(32)17-40-22-8-19(12-34-13-22)26-9-23-24-10-28(38-2)29(39-3)11-27(24)35-14-25(23)30(33)36-26/h4-14,21H,15-17,32H2,1-3H3,(H2,33,36)/t21-/m0/s1. The quantitative estimate of drug-likeness (QED) is 0.247. The average molecular weight is 543 g/mol. The number of fused-ring (bicyclic) bond motifs is 3. The number of nitrogen functional groups attached to an aromatic ring is 1. The Morgan fingerprint density at radius 3 is 2.52 bits per heavy atom. The van der Waals surface area contributed by atoms with Gasteiger partial charge in [-0.15, -0.1) is 0 Å². The number of benzene rings is 2. The van der Waals surface area contributed by atoms with E-state index in [-0.39, 0.29) is 18.5 Å². The number of nitrogens with two attached hydrogens (primary N) is 2. The van der Waals surface area contributed by atoms with Gasteiger partial charge in [-0.05, 0) is 48.3 Å². The molecule has 0 spiro atoms. The molecule has 1 atom stereocenters. The van der Waals surface area contributed by atoms with Gasteiger partial charge >= 0.3 is 0 Å². The molecule has 40 heavy (non-hydrogen) atoms.